The van der Waals surface area contributed by atoms with Gasteiger partial charge in [-0.1, -0.05) is 98.7 Å². The van der Waals surface area contributed by atoms with E-state index in [0.717, 1.165) is 12.0 Å². The van der Waals surface area contributed by atoms with Gasteiger partial charge in [-0.25, -0.2) is 0 Å². The molecule has 0 aliphatic heterocycles. The van der Waals surface area contributed by atoms with Crippen LogP contribution < -0.4 is 0 Å². The van der Waals surface area contributed by atoms with Crippen molar-refractivity contribution in [2.75, 3.05) is 0 Å². The van der Waals surface area contributed by atoms with Crippen LogP contribution >= 0.6 is 0 Å². The third-order valence-electron chi connectivity index (χ3n) is 4.44. The van der Waals surface area contributed by atoms with Crippen LogP contribution in [0.1, 0.15) is 56.6 Å². The highest BCUT2D eigenvalue weighted by molar-refractivity contribution is 5.49. The van der Waals surface area contributed by atoms with Gasteiger partial charge < -0.3 is 10.2 Å². The van der Waals surface area contributed by atoms with Crippen LogP contribution in [0, 0.1) is 0 Å². The highest BCUT2D eigenvalue weighted by Crippen LogP contribution is 2.11. The van der Waals surface area contributed by atoms with E-state index in [0.29, 0.717) is 12.8 Å². The SMILES string of the molecule is C=CCCCCC.O[C@@H](CCc1ccccc1)C[C@H](O)/C=C/c1ccccc1. The molecule has 0 aromatic heterocycles. The minimum Gasteiger partial charge on any atom is -0.393 e. The second-order valence-corrected chi connectivity index (χ2v) is 7.04. The number of aryl methyl sites for hydroxylation is 1. The summed E-state index contributed by atoms with van der Waals surface area (Å²) >= 11 is 0. The Morgan fingerprint density at radius 1 is 0.929 bits per heavy atom. The Morgan fingerprint density at radius 2 is 1.57 bits per heavy atom. The molecule has 0 fully saturated rings. The van der Waals surface area contributed by atoms with Crippen molar-refractivity contribution in [3.05, 3.63) is 90.5 Å². The summed E-state index contributed by atoms with van der Waals surface area (Å²) < 4.78 is 0. The third kappa shape index (κ3) is 12.3. The normalized spacial score (nSPS) is 12.8. The molecule has 0 amide bonds. The summed E-state index contributed by atoms with van der Waals surface area (Å²) in [6.07, 6.45) is 11.5. The van der Waals surface area contributed by atoms with Gasteiger partial charge in [-0.15, -0.1) is 6.58 Å². The van der Waals surface area contributed by atoms with E-state index in [1.54, 1.807) is 6.08 Å². The second-order valence-electron chi connectivity index (χ2n) is 7.04. The minimum absolute atomic E-state index is 0.371. The number of aliphatic hydroxyl groups excluding tert-OH is 2. The van der Waals surface area contributed by atoms with Crippen molar-refractivity contribution in [2.45, 2.75) is 64.1 Å². The van der Waals surface area contributed by atoms with Gasteiger partial charge in [0.2, 0.25) is 0 Å². The molecule has 0 heterocycles. The van der Waals surface area contributed by atoms with Crippen LogP contribution in [0.2, 0.25) is 0 Å². The molecule has 28 heavy (non-hydrogen) atoms. The van der Waals surface area contributed by atoms with Crippen molar-refractivity contribution < 1.29 is 10.2 Å². The van der Waals surface area contributed by atoms with Crippen molar-refractivity contribution >= 4 is 6.08 Å². The summed E-state index contributed by atoms with van der Waals surface area (Å²) in [7, 11) is 0. The Kier molecular flexibility index (Phi) is 13.5. The van der Waals surface area contributed by atoms with E-state index < -0.39 is 12.2 Å². The van der Waals surface area contributed by atoms with Crippen LogP contribution in [0.3, 0.4) is 0 Å². The van der Waals surface area contributed by atoms with E-state index in [1.165, 1.54) is 31.2 Å². The summed E-state index contributed by atoms with van der Waals surface area (Å²) in [6.45, 7) is 5.84. The van der Waals surface area contributed by atoms with Gasteiger partial charge in [0.25, 0.3) is 0 Å². The van der Waals surface area contributed by atoms with Gasteiger partial charge in [0.1, 0.15) is 0 Å². The van der Waals surface area contributed by atoms with Gasteiger partial charge in [0.05, 0.1) is 12.2 Å². The number of unbranched alkanes of at least 4 members (excludes halogenated alkanes) is 3. The Labute approximate surface area is 171 Å². The average Bonchev–Trinajstić information content (AvgIpc) is 2.73. The molecule has 2 atom stereocenters. The smallest absolute Gasteiger partial charge is 0.0748 e. The lowest BCUT2D eigenvalue weighted by Gasteiger charge is -2.13. The third-order valence-corrected chi connectivity index (χ3v) is 4.44. The van der Waals surface area contributed by atoms with Crippen LogP contribution in [0.25, 0.3) is 6.08 Å². The van der Waals surface area contributed by atoms with Crippen LogP contribution in [0.4, 0.5) is 0 Å². The molecule has 0 aliphatic rings. The van der Waals surface area contributed by atoms with E-state index in [1.807, 2.05) is 60.7 Å². The number of allylic oxidation sites excluding steroid dienone is 1. The van der Waals surface area contributed by atoms with E-state index in [2.05, 4.69) is 25.6 Å². The number of rotatable bonds is 11. The van der Waals surface area contributed by atoms with E-state index in [9.17, 15) is 10.2 Å². The predicted molar refractivity (Wildman–Crippen MR) is 121 cm³/mol. The number of hydrogen-bond acceptors (Lipinski definition) is 2. The molecule has 0 radical (unpaired) electrons. The zero-order valence-corrected chi connectivity index (χ0v) is 17.2. The van der Waals surface area contributed by atoms with E-state index >= 15 is 0 Å². The molecule has 0 saturated carbocycles. The number of benzene rings is 2. The van der Waals surface area contributed by atoms with Crippen LogP contribution in [-0.4, -0.2) is 22.4 Å². The maximum atomic E-state index is 9.98. The number of aliphatic hydroxyl groups is 2. The maximum Gasteiger partial charge on any atom is 0.0748 e. The zero-order chi connectivity index (χ0) is 20.5. The Morgan fingerprint density at radius 3 is 2.18 bits per heavy atom. The molecular weight excluding hydrogens is 344 g/mol. The molecule has 2 aromatic rings. The van der Waals surface area contributed by atoms with Crippen molar-refractivity contribution in [1.82, 2.24) is 0 Å². The molecule has 0 unspecified atom stereocenters. The average molecular weight is 381 g/mol. The molecule has 0 aliphatic carbocycles. The lowest BCUT2D eigenvalue weighted by Crippen LogP contribution is -2.16. The highest BCUT2D eigenvalue weighted by atomic mass is 16.3. The van der Waals surface area contributed by atoms with Gasteiger partial charge in [0.15, 0.2) is 0 Å². The topological polar surface area (TPSA) is 40.5 Å². The summed E-state index contributed by atoms with van der Waals surface area (Å²) in [5, 5.41) is 19.9. The molecule has 0 bridgehead atoms. The molecule has 0 spiro atoms. The summed E-state index contributed by atoms with van der Waals surface area (Å²) in [6, 6.07) is 19.9. The van der Waals surface area contributed by atoms with Gasteiger partial charge in [-0.3, -0.25) is 0 Å². The van der Waals surface area contributed by atoms with Crippen molar-refractivity contribution in [2.24, 2.45) is 0 Å². The van der Waals surface area contributed by atoms with Gasteiger partial charge in [0, 0.05) is 6.42 Å². The molecule has 2 aromatic carbocycles. The first-order chi connectivity index (χ1) is 13.7. The van der Waals surface area contributed by atoms with Crippen LogP contribution in [0.5, 0.6) is 0 Å². The lowest BCUT2D eigenvalue weighted by molar-refractivity contribution is 0.0983. The fourth-order valence-electron chi connectivity index (χ4n) is 2.78. The molecule has 2 rings (SSSR count). The molecule has 152 valence electrons. The van der Waals surface area contributed by atoms with Gasteiger partial charge in [-0.2, -0.15) is 0 Å². The van der Waals surface area contributed by atoms with Crippen LogP contribution in [-0.2, 0) is 6.42 Å². The number of hydrogen-bond donors (Lipinski definition) is 2. The fraction of sp³-hybridized carbons (Fsp3) is 0.385. The predicted octanol–water partition coefficient (Wildman–Crippen LogP) is 6.20. The lowest BCUT2D eigenvalue weighted by atomic mass is 10.0. The minimum atomic E-state index is -0.615. The summed E-state index contributed by atoms with van der Waals surface area (Å²) in [4.78, 5) is 0. The van der Waals surface area contributed by atoms with E-state index in [-0.39, 0.29) is 0 Å². The first-order valence-electron chi connectivity index (χ1n) is 10.4. The molecule has 2 heteroatoms. The second kappa shape index (κ2) is 15.9. The molecule has 0 saturated heterocycles. The first kappa shape index (κ1) is 23.9. The Bertz CT molecular complexity index is 634. The summed E-state index contributed by atoms with van der Waals surface area (Å²) in [5.74, 6) is 0. The van der Waals surface area contributed by atoms with Crippen LogP contribution in [0.15, 0.2) is 79.4 Å². The monoisotopic (exact) mass is 380 g/mol. The first-order valence-corrected chi connectivity index (χ1v) is 10.4. The van der Waals surface area contributed by atoms with Gasteiger partial charge in [-0.05, 0) is 36.8 Å². The molecule has 2 N–H and O–H groups in total. The molecule has 2 nitrogen and oxygen atoms in total. The van der Waals surface area contributed by atoms with Gasteiger partial charge >= 0.3 is 0 Å². The summed E-state index contributed by atoms with van der Waals surface area (Å²) in [5.41, 5.74) is 2.26. The Balaban J connectivity index is 0.000000480. The fourth-order valence-corrected chi connectivity index (χ4v) is 2.78. The van der Waals surface area contributed by atoms with Crippen molar-refractivity contribution in [1.29, 1.82) is 0 Å². The Hall–Kier alpha value is -2.16. The molecular formula is C26H36O2. The standard InChI is InChI=1S/C19H22O2.C7H14/c20-18(13-11-16-7-3-1-4-8-16)15-19(21)14-12-17-9-5-2-6-10-17;1-3-5-7-6-4-2/h1-11,13,18-21H,12,14-15H2;3H,1,4-7H2,2H3/b13-11+;/t18-,19+;/m1./s1. The zero-order valence-electron chi connectivity index (χ0n) is 17.2. The highest BCUT2D eigenvalue weighted by Gasteiger charge is 2.09. The largest absolute Gasteiger partial charge is 0.393 e. The quantitative estimate of drug-likeness (QED) is 0.360. The van der Waals surface area contributed by atoms with E-state index in [4.69, 9.17) is 0 Å². The van der Waals surface area contributed by atoms with Crippen molar-refractivity contribution in [3.8, 4) is 0 Å². The maximum absolute atomic E-state index is 9.98. The van der Waals surface area contributed by atoms with Crippen molar-refractivity contribution in [3.63, 3.8) is 0 Å².